The second-order valence-corrected chi connectivity index (χ2v) is 7.13. The maximum Gasteiger partial charge on any atom is 0.256 e. The Hall–Kier alpha value is -2.48. The van der Waals surface area contributed by atoms with Gasteiger partial charge < -0.3 is 19.8 Å². The molecule has 2 aromatic rings. The van der Waals surface area contributed by atoms with Crippen LogP contribution >= 0.6 is 0 Å². The maximum absolute atomic E-state index is 12.6. The van der Waals surface area contributed by atoms with Gasteiger partial charge in [-0.05, 0) is 31.7 Å². The highest BCUT2D eigenvalue weighted by atomic mass is 16.5. The van der Waals surface area contributed by atoms with Crippen molar-refractivity contribution in [3.05, 3.63) is 35.5 Å². The third kappa shape index (κ3) is 3.85. The molecule has 0 aromatic carbocycles. The number of nitrogens with one attached hydrogen (secondary N) is 1. The molecule has 2 aromatic heterocycles. The molecule has 26 heavy (non-hydrogen) atoms. The monoisotopic (exact) mass is 359 g/mol. The Morgan fingerprint density at radius 1 is 1.42 bits per heavy atom. The molecule has 1 amide bonds. The fraction of sp³-hybridized carbons (Fsp3) is 0.556. The minimum Gasteiger partial charge on any atom is -0.386 e. The smallest absolute Gasteiger partial charge is 0.256 e. The molecular formula is C18H25N5O3. The Bertz CT molecular complexity index is 761. The third-order valence-corrected chi connectivity index (χ3v) is 4.63. The number of anilines is 1. The number of hydrogen-bond acceptors (Lipinski definition) is 7. The van der Waals surface area contributed by atoms with Gasteiger partial charge in [0, 0.05) is 25.5 Å². The highest BCUT2D eigenvalue weighted by Crippen LogP contribution is 2.24. The SMILES string of the molecule is Cc1onc(C(C)C)c1C(=O)NC[C@@]1(O)CCCN(c2ncccn2)C1. The number of β-amino-alcohol motifs (C(OH)–C–C–N with tert-alkyl or cyclic N) is 1. The first-order chi connectivity index (χ1) is 12.4. The van der Waals surface area contributed by atoms with Crippen LogP contribution in [-0.2, 0) is 0 Å². The first-order valence-corrected chi connectivity index (χ1v) is 8.88. The maximum atomic E-state index is 12.6. The van der Waals surface area contributed by atoms with E-state index in [0.717, 1.165) is 13.0 Å². The van der Waals surface area contributed by atoms with Crippen LogP contribution in [0.5, 0.6) is 0 Å². The molecule has 2 N–H and O–H groups in total. The number of amides is 1. The first-order valence-electron chi connectivity index (χ1n) is 8.88. The fourth-order valence-electron chi connectivity index (χ4n) is 3.27. The van der Waals surface area contributed by atoms with Crippen LogP contribution in [-0.4, -0.2) is 51.4 Å². The van der Waals surface area contributed by atoms with Crippen molar-refractivity contribution in [2.75, 3.05) is 24.5 Å². The summed E-state index contributed by atoms with van der Waals surface area (Å²) in [6.45, 7) is 6.94. The van der Waals surface area contributed by atoms with Crippen LogP contribution in [0.4, 0.5) is 5.95 Å². The van der Waals surface area contributed by atoms with E-state index < -0.39 is 5.60 Å². The molecule has 8 nitrogen and oxygen atoms in total. The van der Waals surface area contributed by atoms with E-state index in [9.17, 15) is 9.90 Å². The standard InChI is InChI=1S/C18H25N5O3/c1-12(2)15-14(13(3)26-22-15)16(24)21-10-18(25)6-4-9-23(11-18)17-19-7-5-8-20-17/h5,7-8,12,25H,4,6,9-11H2,1-3H3,(H,21,24)/t18-/m0/s1. The summed E-state index contributed by atoms with van der Waals surface area (Å²) in [6, 6.07) is 1.76. The van der Waals surface area contributed by atoms with Crippen molar-refractivity contribution in [2.45, 2.75) is 45.1 Å². The normalized spacial score (nSPS) is 20.4. The van der Waals surface area contributed by atoms with E-state index in [2.05, 4.69) is 20.4 Å². The van der Waals surface area contributed by atoms with Crippen LogP contribution in [0.3, 0.4) is 0 Å². The summed E-state index contributed by atoms with van der Waals surface area (Å²) >= 11 is 0. The number of carbonyl (C=O) groups is 1. The molecule has 1 atom stereocenters. The third-order valence-electron chi connectivity index (χ3n) is 4.63. The molecule has 0 saturated carbocycles. The second-order valence-electron chi connectivity index (χ2n) is 7.13. The number of hydrogen-bond donors (Lipinski definition) is 2. The molecule has 0 aliphatic carbocycles. The fourth-order valence-corrected chi connectivity index (χ4v) is 3.27. The van der Waals surface area contributed by atoms with E-state index in [1.54, 1.807) is 25.4 Å². The molecule has 140 valence electrons. The summed E-state index contributed by atoms with van der Waals surface area (Å²) in [5, 5.41) is 17.8. The van der Waals surface area contributed by atoms with Gasteiger partial charge in [0.05, 0.1) is 17.8 Å². The lowest BCUT2D eigenvalue weighted by Gasteiger charge is -2.39. The van der Waals surface area contributed by atoms with Crippen LogP contribution in [0.25, 0.3) is 0 Å². The predicted molar refractivity (Wildman–Crippen MR) is 96.1 cm³/mol. The van der Waals surface area contributed by atoms with Crippen LogP contribution in [0.15, 0.2) is 23.0 Å². The van der Waals surface area contributed by atoms with Gasteiger partial charge in [-0.15, -0.1) is 0 Å². The summed E-state index contributed by atoms with van der Waals surface area (Å²) in [6.07, 6.45) is 4.77. The summed E-state index contributed by atoms with van der Waals surface area (Å²) in [4.78, 5) is 23.1. The van der Waals surface area contributed by atoms with Crippen LogP contribution in [0.2, 0.25) is 0 Å². The molecule has 0 bridgehead atoms. The summed E-state index contributed by atoms with van der Waals surface area (Å²) in [5.41, 5.74) is 0.0634. The largest absolute Gasteiger partial charge is 0.386 e. The molecular weight excluding hydrogens is 334 g/mol. The van der Waals surface area contributed by atoms with Crippen LogP contribution in [0, 0.1) is 6.92 Å². The number of piperidine rings is 1. The number of aliphatic hydroxyl groups is 1. The average molecular weight is 359 g/mol. The van der Waals surface area contributed by atoms with Gasteiger partial charge in [0.1, 0.15) is 11.3 Å². The molecule has 3 heterocycles. The van der Waals surface area contributed by atoms with Gasteiger partial charge in [0.2, 0.25) is 5.95 Å². The Kier molecular flexibility index (Phi) is 5.22. The lowest BCUT2D eigenvalue weighted by Crippen LogP contribution is -2.54. The minimum absolute atomic E-state index is 0.0803. The first kappa shape index (κ1) is 18.3. The Labute approximate surface area is 152 Å². The molecule has 8 heteroatoms. The molecule has 1 aliphatic rings. The summed E-state index contributed by atoms with van der Waals surface area (Å²) < 4.78 is 5.17. The van der Waals surface area contributed by atoms with Crippen molar-refractivity contribution in [2.24, 2.45) is 0 Å². The number of aryl methyl sites for hydroxylation is 1. The Balaban J connectivity index is 1.67. The zero-order valence-electron chi connectivity index (χ0n) is 15.4. The highest BCUT2D eigenvalue weighted by Gasteiger charge is 2.35. The molecule has 0 radical (unpaired) electrons. The summed E-state index contributed by atoms with van der Waals surface area (Å²) in [7, 11) is 0. The average Bonchev–Trinajstić information content (AvgIpc) is 3.02. The van der Waals surface area contributed by atoms with E-state index in [4.69, 9.17) is 4.52 Å². The van der Waals surface area contributed by atoms with Gasteiger partial charge in [-0.1, -0.05) is 19.0 Å². The Morgan fingerprint density at radius 2 is 2.15 bits per heavy atom. The van der Waals surface area contributed by atoms with E-state index >= 15 is 0 Å². The zero-order valence-corrected chi connectivity index (χ0v) is 15.4. The number of carbonyl (C=O) groups excluding carboxylic acids is 1. The van der Waals surface area contributed by atoms with E-state index in [1.807, 2.05) is 18.7 Å². The molecule has 1 saturated heterocycles. The Morgan fingerprint density at radius 3 is 2.85 bits per heavy atom. The molecule has 0 unspecified atom stereocenters. The van der Waals surface area contributed by atoms with E-state index in [-0.39, 0.29) is 18.4 Å². The van der Waals surface area contributed by atoms with Crippen molar-refractivity contribution in [3.63, 3.8) is 0 Å². The predicted octanol–water partition coefficient (Wildman–Crippen LogP) is 1.66. The van der Waals surface area contributed by atoms with Gasteiger partial charge in [0.25, 0.3) is 5.91 Å². The van der Waals surface area contributed by atoms with Crippen LogP contribution < -0.4 is 10.2 Å². The number of nitrogens with zero attached hydrogens (tertiary/aromatic N) is 4. The van der Waals surface area contributed by atoms with Crippen molar-refractivity contribution < 1.29 is 14.4 Å². The lowest BCUT2D eigenvalue weighted by molar-refractivity contribution is 0.0252. The van der Waals surface area contributed by atoms with Crippen molar-refractivity contribution in [1.29, 1.82) is 0 Å². The van der Waals surface area contributed by atoms with Crippen molar-refractivity contribution >= 4 is 11.9 Å². The minimum atomic E-state index is -1.03. The molecule has 3 rings (SSSR count). The van der Waals surface area contributed by atoms with Gasteiger partial charge in [-0.25, -0.2) is 9.97 Å². The molecule has 1 fully saturated rings. The molecule has 1 aliphatic heterocycles. The van der Waals surface area contributed by atoms with Crippen molar-refractivity contribution in [3.8, 4) is 0 Å². The second kappa shape index (κ2) is 7.41. The van der Waals surface area contributed by atoms with Gasteiger partial charge in [-0.3, -0.25) is 4.79 Å². The van der Waals surface area contributed by atoms with Gasteiger partial charge in [0.15, 0.2) is 0 Å². The quantitative estimate of drug-likeness (QED) is 0.836. The van der Waals surface area contributed by atoms with E-state index in [1.165, 1.54) is 0 Å². The number of aromatic nitrogens is 3. The van der Waals surface area contributed by atoms with Gasteiger partial charge >= 0.3 is 0 Å². The topological polar surface area (TPSA) is 104 Å². The van der Waals surface area contributed by atoms with Gasteiger partial charge in [-0.2, -0.15) is 0 Å². The summed E-state index contributed by atoms with van der Waals surface area (Å²) in [5.74, 6) is 0.890. The van der Waals surface area contributed by atoms with E-state index in [0.29, 0.717) is 35.9 Å². The lowest BCUT2D eigenvalue weighted by atomic mass is 9.92. The van der Waals surface area contributed by atoms with Crippen LogP contribution in [0.1, 0.15) is 54.4 Å². The zero-order chi connectivity index (χ0) is 18.7. The molecule has 0 spiro atoms. The van der Waals surface area contributed by atoms with Crippen molar-refractivity contribution in [1.82, 2.24) is 20.4 Å². The number of rotatable bonds is 5. The highest BCUT2D eigenvalue weighted by molar-refractivity contribution is 5.96.